The van der Waals surface area contributed by atoms with E-state index in [1.165, 1.54) is 7.11 Å². The van der Waals surface area contributed by atoms with Gasteiger partial charge < -0.3 is 14.8 Å². The zero-order valence-corrected chi connectivity index (χ0v) is 11.8. The Hall–Kier alpha value is -2.37. The minimum absolute atomic E-state index is 0.0554. The molecule has 0 heterocycles. The van der Waals surface area contributed by atoms with Crippen LogP contribution in [-0.4, -0.2) is 30.5 Å². The van der Waals surface area contributed by atoms with Crippen molar-refractivity contribution in [3.8, 4) is 0 Å². The Morgan fingerprint density at radius 2 is 2.00 bits per heavy atom. The van der Waals surface area contributed by atoms with Crippen molar-refractivity contribution in [3.63, 3.8) is 0 Å². The molecular formula is C15H17NO5. The van der Waals surface area contributed by atoms with Crippen molar-refractivity contribution >= 4 is 17.8 Å². The number of nitrogens with one attached hydrogen (secondary N) is 1. The van der Waals surface area contributed by atoms with Crippen LogP contribution in [0.3, 0.4) is 0 Å². The fourth-order valence-corrected chi connectivity index (χ4v) is 2.35. The summed E-state index contributed by atoms with van der Waals surface area (Å²) in [6.07, 6.45) is -0.313. The highest BCUT2D eigenvalue weighted by molar-refractivity contribution is 5.95. The van der Waals surface area contributed by atoms with E-state index in [1.807, 2.05) is 30.3 Å². The number of ether oxygens (including phenoxy) is 2. The molecule has 1 N–H and O–H groups in total. The standard InChI is InChI=1S/C15H17NO5/c1-20-13(18)15(8-7-12(17)9-15)16-14(19)21-10-11-5-3-2-4-6-11/h2-6H,7-10H2,1H3,(H,16,19)/t15-/m1/s1. The van der Waals surface area contributed by atoms with E-state index in [1.54, 1.807) is 0 Å². The second-order valence-electron chi connectivity index (χ2n) is 4.98. The van der Waals surface area contributed by atoms with Crippen molar-refractivity contribution in [1.82, 2.24) is 5.32 Å². The van der Waals surface area contributed by atoms with Gasteiger partial charge in [-0.1, -0.05) is 30.3 Å². The van der Waals surface area contributed by atoms with Gasteiger partial charge in [-0.25, -0.2) is 9.59 Å². The molecule has 0 bridgehead atoms. The number of hydrogen-bond acceptors (Lipinski definition) is 5. The van der Waals surface area contributed by atoms with Crippen molar-refractivity contribution < 1.29 is 23.9 Å². The summed E-state index contributed by atoms with van der Waals surface area (Å²) >= 11 is 0. The van der Waals surface area contributed by atoms with E-state index in [2.05, 4.69) is 10.1 Å². The number of rotatable bonds is 4. The molecule has 0 spiro atoms. The SMILES string of the molecule is COC(=O)[C@@]1(NC(=O)OCc2ccccc2)CCC(=O)C1. The minimum Gasteiger partial charge on any atom is -0.467 e. The van der Waals surface area contributed by atoms with Crippen LogP contribution >= 0.6 is 0 Å². The predicted octanol–water partition coefficient (Wildman–Crippen LogP) is 1.58. The van der Waals surface area contributed by atoms with Crippen molar-refractivity contribution in [2.24, 2.45) is 0 Å². The van der Waals surface area contributed by atoms with Crippen LogP contribution in [-0.2, 0) is 25.7 Å². The highest BCUT2D eigenvalue weighted by atomic mass is 16.6. The molecule has 0 saturated heterocycles. The summed E-state index contributed by atoms with van der Waals surface area (Å²) < 4.78 is 9.76. The van der Waals surface area contributed by atoms with Crippen LogP contribution in [0.2, 0.25) is 0 Å². The number of benzene rings is 1. The maximum Gasteiger partial charge on any atom is 0.408 e. The fourth-order valence-electron chi connectivity index (χ4n) is 2.35. The van der Waals surface area contributed by atoms with Gasteiger partial charge in [0.25, 0.3) is 0 Å². The maximum atomic E-state index is 11.9. The second kappa shape index (κ2) is 6.39. The van der Waals surface area contributed by atoms with Gasteiger partial charge in [0.1, 0.15) is 17.9 Å². The van der Waals surface area contributed by atoms with E-state index in [0.717, 1.165) is 5.56 Å². The first-order valence-electron chi connectivity index (χ1n) is 6.65. The molecule has 6 heteroatoms. The molecule has 0 aliphatic heterocycles. The number of carbonyl (C=O) groups is 3. The number of esters is 1. The quantitative estimate of drug-likeness (QED) is 0.852. The first-order chi connectivity index (χ1) is 10.1. The summed E-state index contributed by atoms with van der Waals surface area (Å²) in [5.74, 6) is -0.700. The first kappa shape index (κ1) is 15.0. The van der Waals surface area contributed by atoms with Crippen LogP contribution in [0.15, 0.2) is 30.3 Å². The van der Waals surface area contributed by atoms with E-state index >= 15 is 0 Å². The van der Waals surface area contributed by atoms with E-state index in [9.17, 15) is 14.4 Å². The van der Waals surface area contributed by atoms with Crippen LogP contribution in [0.25, 0.3) is 0 Å². The molecule has 21 heavy (non-hydrogen) atoms. The summed E-state index contributed by atoms with van der Waals surface area (Å²) in [5, 5.41) is 2.49. The summed E-state index contributed by atoms with van der Waals surface area (Å²) in [6.45, 7) is 0.0951. The lowest BCUT2D eigenvalue weighted by Crippen LogP contribution is -2.53. The maximum absolute atomic E-state index is 11.9. The molecule has 1 aliphatic carbocycles. The van der Waals surface area contributed by atoms with Crippen molar-refractivity contribution in [2.75, 3.05) is 7.11 Å². The Kier molecular flexibility index (Phi) is 4.57. The first-order valence-corrected chi connectivity index (χ1v) is 6.65. The van der Waals surface area contributed by atoms with Crippen molar-refractivity contribution in [1.29, 1.82) is 0 Å². The third-order valence-electron chi connectivity index (χ3n) is 3.46. The van der Waals surface area contributed by atoms with E-state index in [4.69, 9.17) is 4.74 Å². The summed E-state index contributed by atoms with van der Waals surface area (Å²) in [7, 11) is 1.23. The van der Waals surface area contributed by atoms with Crippen LogP contribution < -0.4 is 5.32 Å². The number of hydrogen-bond donors (Lipinski definition) is 1. The molecule has 1 aromatic rings. The van der Waals surface area contributed by atoms with E-state index in [0.29, 0.717) is 0 Å². The second-order valence-corrected chi connectivity index (χ2v) is 4.98. The van der Waals surface area contributed by atoms with Crippen LogP contribution in [0, 0.1) is 0 Å². The smallest absolute Gasteiger partial charge is 0.408 e. The Morgan fingerprint density at radius 1 is 1.29 bits per heavy atom. The Balaban J connectivity index is 1.96. The van der Waals surface area contributed by atoms with Crippen LogP contribution in [0.1, 0.15) is 24.8 Å². The van der Waals surface area contributed by atoms with Crippen LogP contribution in [0.5, 0.6) is 0 Å². The van der Waals surface area contributed by atoms with Gasteiger partial charge in [0.15, 0.2) is 0 Å². The average Bonchev–Trinajstić information content (AvgIpc) is 2.87. The molecule has 0 aromatic heterocycles. The summed E-state index contributed by atoms with van der Waals surface area (Å²) in [6, 6.07) is 9.18. The fraction of sp³-hybridized carbons (Fsp3) is 0.400. The number of methoxy groups -OCH3 is 1. The molecule has 1 fully saturated rings. The Morgan fingerprint density at radius 3 is 2.57 bits per heavy atom. The largest absolute Gasteiger partial charge is 0.467 e. The molecular weight excluding hydrogens is 274 g/mol. The number of alkyl carbamates (subject to hydrolysis) is 1. The van der Waals surface area contributed by atoms with Gasteiger partial charge in [-0.3, -0.25) is 4.79 Å². The summed E-state index contributed by atoms with van der Waals surface area (Å²) in [5.41, 5.74) is -0.457. The zero-order valence-electron chi connectivity index (χ0n) is 11.8. The van der Waals surface area contributed by atoms with Gasteiger partial charge in [0, 0.05) is 12.8 Å². The molecule has 1 aromatic carbocycles. The van der Waals surface area contributed by atoms with Crippen LogP contribution in [0.4, 0.5) is 4.79 Å². The van der Waals surface area contributed by atoms with Gasteiger partial charge in [-0.15, -0.1) is 0 Å². The third kappa shape index (κ3) is 3.59. The van der Waals surface area contributed by atoms with Crippen molar-refractivity contribution in [2.45, 2.75) is 31.4 Å². The molecule has 1 amide bonds. The molecule has 1 saturated carbocycles. The third-order valence-corrected chi connectivity index (χ3v) is 3.46. The topological polar surface area (TPSA) is 81.7 Å². The average molecular weight is 291 g/mol. The highest BCUT2D eigenvalue weighted by Gasteiger charge is 2.47. The molecule has 0 radical (unpaired) electrons. The zero-order chi connectivity index (χ0) is 15.3. The van der Waals surface area contributed by atoms with Gasteiger partial charge in [0.05, 0.1) is 7.11 Å². The minimum atomic E-state index is -1.29. The lowest BCUT2D eigenvalue weighted by molar-refractivity contribution is -0.148. The predicted molar refractivity (Wildman–Crippen MR) is 73.4 cm³/mol. The number of carbonyl (C=O) groups excluding carboxylic acids is 3. The van der Waals surface area contributed by atoms with Gasteiger partial charge in [0.2, 0.25) is 0 Å². The van der Waals surface area contributed by atoms with Gasteiger partial charge in [-0.05, 0) is 12.0 Å². The lowest BCUT2D eigenvalue weighted by Gasteiger charge is -2.25. The Labute approximate surface area is 122 Å². The van der Waals surface area contributed by atoms with E-state index in [-0.39, 0.29) is 31.7 Å². The molecule has 6 nitrogen and oxygen atoms in total. The highest BCUT2D eigenvalue weighted by Crippen LogP contribution is 2.28. The molecule has 1 aliphatic rings. The number of ketones is 1. The Bertz CT molecular complexity index is 542. The number of amides is 1. The van der Waals surface area contributed by atoms with Gasteiger partial charge >= 0.3 is 12.1 Å². The number of Topliss-reactive ketones (excluding diaryl/α,β-unsaturated/α-hetero) is 1. The normalized spacial score (nSPS) is 20.9. The molecule has 2 rings (SSSR count). The van der Waals surface area contributed by atoms with Gasteiger partial charge in [-0.2, -0.15) is 0 Å². The van der Waals surface area contributed by atoms with Crippen molar-refractivity contribution in [3.05, 3.63) is 35.9 Å². The summed E-state index contributed by atoms with van der Waals surface area (Å²) in [4.78, 5) is 35.1. The molecule has 112 valence electrons. The van der Waals surface area contributed by atoms with E-state index < -0.39 is 17.6 Å². The molecule has 1 atom stereocenters. The molecule has 0 unspecified atom stereocenters. The monoisotopic (exact) mass is 291 g/mol. The lowest BCUT2D eigenvalue weighted by atomic mass is 9.98.